The van der Waals surface area contributed by atoms with Crippen LogP contribution >= 0.6 is 22.9 Å². The van der Waals surface area contributed by atoms with Crippen LogP contribution in [0.2, 0.25) is 4.34 Å². The van der Waals surface area contributed by atoms with Crippen molar-refractivity contribution in [3.8, 4) is 0 Å². The molecule has 0 aliphatic rings. The number of aliphatic hydroxyl groups excluding tert-OH is 1. The maximum atomic E-state index is 10.6. The van der Waals surface area contributed by atoms with Crippen molar-refractivity contribution in [2.24, 2.45) is 0 Å². The summed E-state index contributed by atoms with van der Waals surface area (Å²) in [7, 11) is 0. The lowest BCUT2D eigenvalue weighted by Crippen LogP contribution is -2.01. The molecule has 0 aliphatic heterocycles. The maximum Gasteiger partial charge on any atom is 0.114 e. The lowest BCUT2D eigenvalue weighted by atomic mass is 9.95. The highest BCUT2D eigenvalue weighted by Crippen LogP contribution is 2.35. The summed E-state index contributed by atoms with van der Waals surface area (Å²) in [6.07, 6.45) is -0.622. The number of hydrogen-bond donors (Lipinski definition) is 1. The van der Waals surface area contributed by atoms with Crippen molar-refractivity contribution >= 4 is 33.7 Å². The fraction of sp³-hybridized carbons (Fsp3) is 0.125. The number of rotatable bonds is 2. The van der Waals surface area contributed by atoms with Crippen LogP contribution in [0.15, 0.2) is 48.5 Å². The summed E-state index contributed by atoms with van der Waals surface area (Å²) in [5.41, 5.74) is 2.06. The largest absolute Gasteiger partial charge is 0.383 e. The zero-order chi connectivity index (χ0) is 13.4. The lowest BCUT2D eigenvalue weighted by Gasteiger charge is -2.15. The van der Waals surface area contributed by atoms with Gasteiger partial charge >= 0.3 is 0 Å². The zero-order valence-electron chi connectivity index (χ0n) is 10.4. The van der Waals surface area contributed by atoms with Crippen molar-refractivity contribution in [3.05, 3.63) is 68.9 Å². The molecule has 1 aromatic heterocycles. The number of thiophene rings is 1. The van der Waals surface area contributed by atoms with Gasteiger partial charge in [0.25, 0.3) is 0 Å². The third-order valence-corrected chi connectivity index (χ3v) is 4.61. The average Bonchev–Trinajstić information content (AvgIpc) is 2.85. The van der Waals surface area contributed by atoms with E-state index in [1.165, 1.54) is 11.3 Å². The molecule has 0 bridgehead atoms. The van der Waals surface area contributed by atoms with E-state index in [-0.39, 0.29) is 0 Å². The second kappa shape index (κ2) is 4.97. The quantitative estimate of drug-likeness (QED) is 0.708. The third kappa shape index (κ3) is 2.27. The Kier molecular flexibility index (Phi) is 3.31. The number of halogens is 1. The average molecular weight is 289 g/mol. The van der Waals surface area contributed by atoms with Crippen molar-refractivity contribution < 1.29 is 5.11 Å². The molecule has 3 rings (SSSR count). The van der Waals surface area contributed by atoms with Gasteiger partial charge in [0, 0.05) is 4.88 Å². The molecule has 0 fully saturated rings. The highest BCUT2D eigenvalue weighted by atomic mass is 35.5. The summed E-state index contributed by atoms with van der Waals surface area (Å²) in [5.74, 6) is 0. The minimum Gasteiger partial charge on any atom is -0.383 e. The first-order chi connectivity index (χ1) is 9.16. The monoisotopic (exact) mass is 288 g/mol. The van der Waals surface area contributed by atoms with E-state index >= 15 is 0 Å². The van der Waals surface area contributed by atoms with Gasteiger partial charge in [0.1, 0.15) is 6.10 Å². The van der Waals surface area contributed by atoms with Crippen LogP contribution in [0.5, 0.6) is 0 Å². The van der Waals surface area contributed by atoms with Gasteiger partial charge in [-0.25, -0.2) is 0 Å². The molecule has 19 heavy (non-hydrogen) atoms. The molecule has 0 amide bonds. The summed E-state index contributed by atoms with van der Waals surface area (Å²) in [6, 6.07) is 16.0. The van der Waals surface area contributed by atoms with Crippen LogP contribution in [0.4, 0.5) is 0 Å². The molecular weight excluding hydrogens is 276 g/mol. The van der Waals surface area contributed by atoms with Crippen molar-refractivity contribution in [2.75, 3.05) is 0 Å². The fourth-order valence-corrected chi connectivity index (χ4v) is 3.44. The molecule has 0 aliphatic carbocycles. The minimum absolute atomic E-state index is 0.622. The molecule has 0 saturated carbocycles. The Morgan fingerprint density at radius 2 is 1.84 bits per heavy atom. The molecule has 0 radical (unpaired) electrons. The van der Waals surface area contributed by atoms with Crippen LogP contribution in [-0.2, 0) is 0 Å². The molecule has 0 spiro atoms. The van der Waals surface area contributed by atoms with E-state index in [4.69, 9.17) is 11.6 Å². The van der Waals surface area contributed by atoms with Gasteiger partial charge < -0.3 is 5.11 Å². The van der Waals surface area contributed by atoms with Crippen molar-refractivity contribution in [1.29, 1.82) is 0 Å². The molecule has 3 aromatic rings. The Morgan fingerprint density at radius 3 is 2.58 bits per heavy atom. The summed E-state index contributed by atoms with van der Waals surface area (Å²) < 4.78 is 0.701. The summed E-state index contributed by atoms with van der Waals surface area (Å²) in [4.78, 5) is 0.879. The Balaban J connectivity index is 2.21. The van der Waals surface area contributed by atoms with Crippen LogP contribution in [-0.4, -0.2) is 5.11 Å². The number of aryl methyl sites for hydroxylation is 1. The van der Waals surface area contributed by atoms with Gasteiger partial charge in [0.2, 0.25) is 0 Å². The topological polar surface area (TPSA) is 20.2 Å². The van der Waals surface area contributed by atoms with E-state index in [2.05, 4.69) is 24.3 Å². The van der Waals surface area contributed by atoms with Gasteiger partial charge in [-0.15, -0.1) is 11.3 Å². The van der Waals surface area contributed by atoms with E-state index in [0.29, 0.717) is 4.34 Å². The Labute approximate surface area is 121 Å². The summed E-state index contributed by atoms with van der Waals surface area (Å²) >= 11 is 7.38. The molecule has 1 nitrogen and oxygen atoms in total. The standard InChI is InChI=1S/C16H13ClOS/c1-10-6-7-11-4-2-3-5-12(11)15(10)16(18)13-8-9-14(17)19-13/h2-9,16,18H,1H3. The third-order valence-electron chi connectivity index (χ3n) is 3.33. The van der Waals surface area contributed by atoms with E-state index in [0.717, 1.165) is 26.8 Å². The predicted octanol–water partition coefficient (Wildman–Crippen LogP) is 4.94. The van der Waals surface area contributed by atoms with Gasteiger partial charge in [-0.05, 0) is 41.0 Å². The molecule has 1 N–H and O–H groups in total. The normalized spacial score (nSPS) is 12.8. The predicted molar refractivity (Wildman–Crippen MR) is 82.1 cm³/mol. The van der Waals surface area contributed by atoms with Crippen LogP contribution < -0.4 is 0 Å². The number of fused-ring (bicyclic) bond motifs is 1. The van der Waals surface area contributed by atoms with Gasteiger partial charge in [0.15, 0.2) is 0 Å². The lowest BCUT2D eigenvalue weighted by molar-refractivity contribution is 0.225. The fourth-order valence-electron chi connectivity index (χ4n) is 2.39. The summed E-state index contributed by atoms with van der Waals surface area (Å²) in [6.45, 7) is 2.03. The SMILES string of the molecule is Cc1ccc2ccccc2c1C(O)c1ccc(Cl)s1. The smallest absolute Gasteiger partial charge is 0.114 e. The Hall–Kier alpha value is -1.35. The highest BCUT2D eigenvalue weighted by Gasteiger charge is 2.17. The van der Waals surface area contributed by atoms with Gasteiger partial charge in [-0.3, -0.25) is 0 Å². The molecule has 3 heteroatoms. The van der Waals surface area contributed by atoms with Crippen LogP contribution in [0.3, 0.4) is 0 Å². The van der Waals surface area contributed by atoms with Gasteiger partial charge in [-0.2, -0.15) is 0 Å². The number of hydrogen-bond acceptors (Lipinski definition) is 2. The van der Waals surface area contributed by atoms with E-state index < -0.39 is 6.10 Å². The van der Waals surface area contributed by atoms with Crippen LogP contribution in [0.25, 0.3) is 10.8 Å². The maximum absolute atomic E-state index is 10.6. The molecule has 2 aromatic carbocycles. The van der Waals surface area contributed by atoms with Crippen LogP contribution in [0, 0.1) is 6.92 Å². The first-order valence-corrected chi connectivity index (χ1v) is 7.28. The Morgan fingerprint density at radius 1 is 1.05 bits per heavy atom. The van der Waals surface area contributed by atoms with Crippen LogP contribution in [0.1, 0.15) is 22.1 Å². The molecule has 1 heterocycles. The molecule has 96 valence electrons. The molecule has 1 atom stereocenters. The van der Waals surface area contributed by atoms with E-state index in [1.807, 2.05) is 31.2 Å². The first-order valence-electron chi connectivity index (χ1n) is 6.08. The minimum atomic E-state index is -0.622. The second-order valence-corrected chi connectivity index (χ2v) is 6.31. The number of aliphatic hydroxyl groups is 1. The first kappa shape index (κ1) is 12.7. The number of benzene rings is 2. The Bertz CT molecular complexity index is 732. The van der Waals surface area contributed by atoms with Gasteiger partial charge in [0.05, 0.1) is 4.34 Å². The van der Waals surface area contributed by atoms with Crippen molar-refractivity contribution in [2.45, 2.75) is 13.0 Å². The zero-order valence-corrected chi connectivity index (χ0v) is 12.0. The van der Waals surface area contributed by atoms with E-state index in [1.54, 1.807) is 0 Å². The highest BCUT2D eigenvalue weighted by molar-refractivity contribution is 7.16. The van der Waals surface area contributed by atoms with Gasteiger partial charge in [-0.1, -0.05) is 48.0 Å². The summed E-state index contributed by atoms with van der Waals surface area (Å²) in [5, 5.41) is 12.9. The van der Waals surface area contributed by atoms with Crippen molar-refractivity contribution in [3.63, 3.8) is 0 Å². The second-order valence-electron chi connectivity index (χ2n) is 4.56. The van der Waals surface area contributed by atoms with E-state index in [9.17, 15) is 5.11 Å². The van der Waals surface area contributed by atoms with Crippen molar-refractivity contribution in [1.82, 2.24) is 0 Å². The molecule has 0 saturated heterocycles. The molecular formula is C16H13ClOS. The molecule has 1 unspecified atom stereocenters.